The fourth-order valence-corrected chi connectivity index (χ4v) is 2.02. The molecule has 0 radical (unpaired) electrons. The molecule has 4 heteroatoms. The van der Waals surface area contributed by atoms with Crippen LogP contribution in [0.2, 0.25) is 0 Å². The SMILES string of the molecule is CN1C[C@H]2CC[C@@H](C1)N2.Cl.Cl. The third-order valence-electron chi connectivity index (χ3n) is 2.40. The monoisotopic (exact) mass is 198 g/mol. The highest BCUT2D eigenvalue weighted by Gasteiger charge is 2.29. The van der Waals surface area contributed by atoms with Gasteiger partial charge in [-0.2, -0.15) is 0 Å². The minimum Gasteiger partial charge on any atom is -0.309 e. The van der Waals surface area contributed by atoms with Gasteiger partial charge in [-0.1, -0.05) is 0 Å². The van der Waals surface area contributed by atoms with Gasteiger partial charge in [0.15, 0.2) is 0 Å². The lowest BCUT2D eigenvalue weighted by Gasteiger charge is -2.29. The van der Waals surface area contributed by atoms with Gasteiger partial charge in [0.05, 0.1) is 0 Å². The molecule has 0 amide bonds. The summed E-state index contributed by atoms with van der Waals surface area (Å²) in [6, 6.07) is 1.63. The molecule has 0 spiro atoms. The van der Waals surface area contributed by atoms with Gasteiger partial charge in [-0.25, -0.2) is 0 Å². The molecule has 11 heavy (non-hydrogen) atoms. The molecule has 2 atom stereocenters. The summed E-state index contributed by atoms with van der Waals surface area (Å²) in [7, 11) is 2.21. The van der Waals surface area contributed by atoms with E-state index in [4.69, 9.17) is 0 Å². The van der Waals surface area contributed by atoms with E-state index in [2.05, 4.69) is 17.3 Å². The van der Waals surface area contributed by atoms with Crippen LogP contribution in [0.4, 0.5) is 0 Å². The molecular weight excluding hydrogens is 183 g/mol. The highest BCUT2D eigenvalue weighted by Crippen LogP contribution is 2.18. The van der Waals surface area contributed by atoms with E-state index in [0.29, 0.717) is 0 Å². The first-order valence-electron chi connectivity index (χ1n) is 3.79. The van der Waals surface area contributed by atoms with Crippen LogP contribution < -0.4 is 5.32 Å². The number of nitrogens with zero attached hydrogens (tertiary/aromatic N) is 1. The first-order valence-corrected chi connectivity index (χ1v) is 3.79. The Morgan fingerprint density at radius 3 is 2.00 bits per heavy atom. The van der Waals surface area contributed by atoms with Crippen molar-refractivity contribution in [2.75, 3.05) is 20.1 Å². The molecule has 0 aromatic carbocycles. The molecule has 0 aromatic rings. The number of rotatable bonds is 0. The van der Waals surface area contributed by atoms with Crippen molar-refractivity contribution in [3.8, 4) is 0 Å². The molecule has 2 bridgehead atoms. The van der Waals surface area contributed by atoms with E-state index >= 15 is 0 Å². The number of halogens is 2. The maximum Gasteiger partial charge on any atom is 0.0198 e. The normalized spacial score (nSPS) is 35.7. The molecule has 2 fully saturated rings. The van der Waals surface area contributed by atoms with E-state index in [9.17, 15) is 0 Å². The summed E-state index contributed by atoms with van der Waals surface area (Å²) in [5.41, 5.74) is 0. The van der Waals surface area contributed by atoms with Crippen molar-refractivity contribution >= 4 is 24.8 Å². The molecule has 2 saturated heterocycles. The number of hydrogen-bond donors (Lipinski definition) is 1. The summed E-state index contributed by atoms with van der Waals surface area (Å²) in [6.45, 7) is 2.52. The van der Waals surface area contributed by atoms with Crippen LogP contribution in [0.3, 0.4) is 0 Å². The van der Waals surface area contributed by atoms with Crippen molar-refractivity contribution in [3.05, 3.63) is 0 Å². The molecule has 1 N–H and O–H groups in total. The van der Waals surface area contributed by atoms with Gasteiger partial charge in [-0.3, -0.25) is 0 Å². The number of nitrogens with one attached hydrogen (secondary N) is 1. The molecular formula is C7H16Cl2N2. The van der Waals surface area contributed by atoms with Crippen LogP contribution in [-0.2, 0) is 0 Å². The van der Waals surface area contributed by atoms with Crippen molar-refractivity contribution in [1.82, 2.24) is 10.2 Å². The summed E-state index contributed by atoms with van der Waals surface area (Å²) < 4.78 is 0. The average Bonchev–Trinajstić information content (AvgIpc) is 2.11. The third kappa shape index (κ3) is 2.48. The van der Waals surface area contributed by atoms with Crippen molar-refractivity contribution in [3.63, 3.8) is 0 Å². The van der Waals surface area contributed by atoms with E-state index in [1.807, 2.05) is 0 Å². The van der Waals surface area contributed by atoms with E-state index in [1.54, 1.807) is 0 Å². The Bertz CT molecular complexity index is 109. The van der Waals surface area contributed by atoms with E-state index < -0.39 is 0 Å². The van der Waals surface area contributed by atoms with E-state index in [-0.39, 0.29) is 24.8 Å². The molecule has 2 nitrogen and oxygen atoms in total. The first-order chi connectivity index (χ1) is 4.34. The zero-order valence-electron chi connectivity index (χ0n) is 6.75. The van der Waals surface area contributed by atoms with Crippen LogP contribution in [0.1, 0.15) is 12.8 Å². The Kier molecular flexibility index (Phi) is 4.71. The van der Waals surface area contributed by atoms with Crippen LogP contribution in [0.25, 0.3) is 0 Å². The molecule has 2 heterocycles. The minimum absolute atomic E-state index is 0. The summed E-state index contributed by atoms with van der Waals surface area (Å²) in [4.78, 5) is 2.43. The Morgan fingerprint density at radius 1 is 1.09 bits per heavy atom. The van der Waals surface area contributed by atoms with Gasteiger partial charge in [-0.15, -0.1) is 24.8 Å². The van der Waals surface area contributed by atoms with Crippen LogP contribution in [0.15, 0.2) is 0 Å². The second-order valence-corrected chi connectivity index (χ2v) is 3.36. The fraction of sp³-hybridized carbons (Fsp3) is 1.00. The first kappa shape index (κ1) is 11.5. The quantitative estimate of drug-likeness (QED) is 0.623. The minimum atomic E-state index is 0. The van der Waals surface area contributed by atoms with Gasteiger partial charge in [0, 0.05) is 25.2 Å². The summed E-state index contributed by atoms with van der Waals surface area (Å²) >= 11 is 0. The second-order valence-electron chi connectivity index (χ2n) is 3.36. The number of likely N-dealkylation sites (N-methyl/N-ethyl adjacent to an activating group) is 1. The second kappa shape index (κ2) is 4.51. The van der Waals surface area contributed by atoms with Gasteiger partial charge in [0.25, 0.3) is 0 Å². The fourth-order valence-electron chi connectivity index (χ4n) is 2.02. The zero-order valence-corrected chi connectivity index (χ0v) is 8.38. The summed E-state index contributed by atoms with van der Waals surface area (Å²) in [5.74, 6) is 0. The van der Waals surface area contributed by atoms with Crippen LogP contribution in [0.5, 0.6) is 0 Å². The maximum absolute atomic E-state index is 3.58. The predicted molar refractivity (Wildman–Crippen MR) is 51.9 cm³/mol. The van der Waals surface area contributed by atoms with E-state index in [0.717, 1.165) is 12.1 Å². The van der Waals surface area contributed by atoms with Gasteiger partial charge >= 0.3 is 0 Å². The number of fused-ring (bicyclic) bond motifs is 2. The molecule has 0 aliphatic carbocycles. The van der Waals surface area contributed by atoms with Crippen molar-refractivity contribution in [2.24, 2.45) is 0 Å². The summed E-state index contributed by atoms with van der Waals surface area (Å²) in [6.07, 6.45) is 2.80. The largest absolute Gasteiger partial charge is 0.309 e. The Hall–Kier alpha value is 0.500. The molecule has 2 aliphatic rings. The molecule has 2 rings (SSSR count). The summed E-state index contributed by atoms with van der Waals surface area (Å²) in [5, 5.41) is 3.58. The zero-order chi connectivity index (χ0) is 6.27. The van der Waals surface area contributed by atoms with Crippen molar-refractivity contribution in [1.29, 1.82) is 0 Å². The molecule has 68 valence electrons. The lowest BCUT2D eigenvalue weighted by molar-refractivity contribution is 0.235. The smallest absolute Gasteiger partial charge is 0.0198 e. The van der Waals surface area contributed by atoms with Crippen LogP contribution in [-0.4, -0.2) is 37.1 Å². The Balaban J connectivity index is 0.000000500. The van der Waals surface area contributed by atoms with Crippen molar-refractivity contribution < 1.29 is 0 Å². The standard InChI is InChI=1S/C7H14N2.2ClH/c1-9-4-6-2-3-7(5-9)8-6;;/h6-8H,2-5H2,1H3;2*1H/t6-,7+;;. The lowest BCUT2D eigenvalue weighted by atomic mass is 10.2. The van der Waals surface area contributed by atoms with E-state index in [1.165, 1.54) is 25.9 Å². The van der Waals surface area contributed by atoms with Crippen molar-refractivity contribution in [2.45, 2.75) is 24.9 Å². The lowest BCUT2D eigenvalue weighted by Crippen LogP contribution is -2.49. The number of piperazine rings is 1. The van der Waals surface area contributed by atoms with Gasteiger partial charge in [0.2, 0.25) is 0 Å². The number of likely N-dealkylation sites (tertiary alicyclic amines) is 1. The topological polar surface area (TPSA) is 15.3 Å². The van der Waals surface area contributed by atoms with Crippen LogP contribution in [0, 0.1) is 0 Å². The Labute approximate surface area is 80.5 Å². The van der Waals surface area contributed by atoms with Gasteiger partial charge in [-0.05, 0) is 19.9 Å². The van der Waals surface area contributed by atoms with Crippen LogP contribution >= 0.6 is 24.8 Å². The molecule has 0 saturated carbocycles. The third-order valence-corrected chi connectivity index (χ3v) is 2.40. The number of hydrogen-bond acceptors (Lipinski definition) is 2. The Morgan fingerprint density at radius 2 is 1.55 bits per heavy atom. The highest BCUT2D eigenvalue weighted by molar-refractivity contribution is 5.85. The maximum atomic E-state index is 3.58. The predicted octanol–water partition coefficient (Wildman–Crippen LogP) is 0.896. The molecule has 2 aliphatic heterocycles. The van der Waals surface area contributed by atoms with Gasteiger partial charge < -0.3 is 10.2 Å². The average molecular weight is 199 g/mol. The molecule has 0 unspecified atom stereocenters. The van der Waals surface area contributed by atoms with Gasteiger partial charge in [0.1, 0.15) is 0 Å². The highest BCUT2D eigenvalue weighted by atomic mass is 35.5. The molecule has 0 aromatic heterocycles.